The van der Waals surface area contributed by atoms with Crippen molar-refractivity contribution < 1.29 is 28.2 Å². The maximum Gasteiger partial charge on any atom is 0.335 e. The Morgan fingerprint density at radius 2 is 1.85 bits per heavy atom. The standard InChI is InChI=1S/C20H17F2NO4/c21-15-3-2-13(10-16(15)22)27-12-5-7-20(8-6-12)14-9-11(18(24)25)1-4-17(14)23-19(20)26/h1-4,9-10,12H,5-8H2,(H,23,26)(H,24,25)/t12-,20-. The van der Waals surface area contributed by atoms with Gasteiger partial charge in [-0.1, -0.05) is 0 Å². The molecule has 140 valence electrons. The molecule has 7 heteroatoms. The Hall–Kier alpha value is -2.96. The van der Waals surface area contributed by atoms with E-state index in [1.807, 2.05) is 0 Å². The number of carboxylic acids is 1. The minimum absolute atomic E-state index is 0.133. The lowest BCUT2D eigenvalue weighted by atomic mass is 9.69. The molecule has 0 aromatic heterocycles. The zero-order valence-electron chi connectivity index (χ0n) is 14.3. The minimum atomic E-state index is -1.04. The summed E-state index contributed by atoms with van der Waals surface area (Å²) in [6.07, 6.45) is 1.85. The van der Waals surface area contributed by atoms with E-state index in [0.29, 0.717) is 36.9 Å². The fraction of sp³-hybridized carbons (Fsp3) is 0.300. The second kappa shape index (κ2) is 6.33. The van der Waals surface area contributed by atoms with E-state index < -0.39 is 23.0 Å². The summed E-state index contributed by atoms with van der Waals surface area (Å²) in [5.41, 5.74) is 0.725. The topological polar surface area (TPSA) is 75.6 Å². The van der Waals surface area contributed by atoms with Gasteiger partial charge in [-0.05, 0) is 61.6 Å². The first kappa shape index (κ1) is 17.5. The van der Waals surface area contributed by atoms with Gasteiger partial charge in [0.25, 0.3) is 0 Å². The lowest BCUT2D eigenvalue weighted by molar-refractivity contribution is -0.122. The number of ether oxygens (including phenoxy) is 1. The van der Waals surface area contributed by atoms with E-state index >= 15 is 0 Å². The molecule has 0 radical (unpaired) electrons. The van der Waals surface area contributed by atoms with Crippen LogP contribution in [0.2, 0.25) is 0 Å². The molecule has 5 nitrogen and oxygen atoms in total. The van der Waals surface area contributed by atoms with Crippen LogP contribution in [0.4, 0.5) is 14.5 Å². The Kier molecular flexibility index (Phi) is 4.09. The molecule has 1 aliphatic carbocycles. The van der Waals surface area contributed by atoms with Crippen molar-refractivity contribution in [3.05, 3.63) is 59.2 Å². The number of benzene rings is 2. The maximum atomic E-state index is 13.3. The minimum Gasteiger partial charge on any atom is -0.490 e. The van der Waals surface area contributed by atoms with E-state index in [0.717, 1.165) is 12.1 Å². The van der Waals surface area contributed by atoms with Gasteiger partial charge in [0, 0.05) is 11.8 Å². The van der Waals surface area contributed by atoms with Crippen LogP contribution in [0.15, 0.2) is 36.4 Å². The molecule has 1 heterocycles. The van der Waals surface area contributed by atoms with Crippen molar-refractivity contribution in [2.75, 3.05) is 5.32 Å². The number of hydrogen-bond acceptors (Lipinski definition) is 3. The summed E-state index contributed by atoms with van der Waals surface area (Å²) < 4.78 is 32.1. The summed E-state index contributed by atoms with van der Waals surface area (Å²) >= 11 is 0. The lowest BCUT2D eigenvalue weighted by Crippen LogP contribution is -2.41. The number of aromatic carboxylic acids is 1. The predicted octanol–water partition coefficient (Wildman–Crippen LogP) is 3.87. The Bertz CT molecular complexity index is 936. The van der Waals surface area contributed by atoms with Gasteiger partial charge in [0.15, 0.2) is 11.6 Å². The van der Waals surface area contributed by atoms with E-state index in [9.17, 15) is 23.5 Å². The number of anilines is 1. The van der Waals surface area contributed by atoms with E-state index in [4.69, 9.17) is 4.74 Å². The average molecular weight is 373 g/mol. The highest BCUT2D eigenvalue weighted by Crippen LogP contribution is 2.48. The molecule has 27 heavy (non-hydrogen) atoms. The molecule has 0 atom stereocenters. The predicted molar refractivity (Wildman–Crippen MR) is 93.0 cm³/mol. The van der Waals surface area contributed by atoms with E-state index in [1.54, 1.807) is 12.1 Å². The van der Waals surface area contributed by atoms with Crippen molar-refractivity contribution >= 4 is 17.6 Å². The van der Waals surface area contributed by atoms with Gasteiger partial charge < -0.3 is 15.2 Å². The number of fused-ring (bicyclic) bond motifs is 2. The molecule has 1 saturated carbocycles. The second-order valence-electron chi connectivity index (χ2n) is 6.99. The Morgan fingerprint density at radius 1 is 1.11 bits per heavy atom. The van der Waals surface area contributed by atoms with Crippen molar-refractivity contribution in [3.8, 4) is 5.75 Å². The first-order chi connectivity index (χ1) is 12.9. The Balaban J connectivity index is 1.53. The fourth-order valence-electron chi connectivity index (χ4n) is 3.99. The summed E-state index contributed by atoms with van der Waals surface area (Å²) in [6.45, 7) is 0. The molecule has 2 aromatic carbocycles. The molecule has 0 bridgehead atoms. The summed E-state index contributed by atoms with van der Waals surface area (Å²) in [4.78, 5) is 23.9. The maximum absolute atomic E-state index is 13.3. The van der Waals surface area contributed by atoms with Crippen molar-refractivity contribution in [1.82, 2.24) is 0 Å². The third-order valence-corrected chi connectivity index (χ3v) is 5.44. The average Bonchev–Trinajstić information content (AvgIpc) is 2.91. The van der Waals surface area contributed by atoms with Gasteiger partial charge in [0.1, 0.15) is 5.75 Å². The summed E-state index contributed by atoms with van der Waals surface area (Å²) in [7, 11) is 0. The molecular formula is C20H17F2NO4. The second-order valence-corrected chi connectivity index (χ2v) is 6.99. The van der Waals surface area contributed by atoms with Crippen LogP contribution < -0.4 is 10.1 Å². The molecule has 1 spiro atoms. The van der Waals surface area contributed by atoms with Crippen molar-refractivity contribution in [2.45, 2.75) is 37.2 Å². The zero-order chi connectivity index (χ0) is 19.2. The molecule has 2 aliphatic rings. The van der Waals surface area contributed by atoms with Crippen molar-refractivity contribution in [1.29, 1.82) is 0 Å². The normalized spacial score (nSPS) is 23.8. The van der Waals surface area contributed by atoms with Crippen LogP contribution >= 0.6 is 0 Å². The van der Waals surface area contributed by atoms with Gasteiger partial charge in [0.2, 0.25) is 5.91 Å². The highest BCUT2D eigenvalue weighted by atomic mass is 19.2. The molecule has 1 aliphatic heterocycles. The van der Waals surface area contributed by atoms with Crippen LogP contribution in [0.1, 0.15) is 41.6 Å². The molecule has 1 amide bonds. The molecule has 4 rings (SSSR count). The fourth-order valence-corrected chi connectivity index (χ4v) is 3.99. The first-order valence-electron chi connectivity index (χ1n) is 8.70. The number of carbonyl (C=O) groups excluding carboxylic acids is 1. The smallest absolute Gasteiger partial charge is 0.335 e. The molecular weight excluding hydrogens is 356 g/mol. The van der Waals surface area contributed by atoms with Gasteiger partial charge in [-0.3, -0.25) is 4.79 Å². The Labute approximate surface area is 154 Å². The van der Waals surface area contributed by atoms with Crippen LogP contribution in [0.25, 0.3) is 0 Å². The Morgan fingerprint density at radius 3 is 2.52 bits per heavy atom. The third kappa shape index (κ3) is 2.93. The SMILES string of the molecule is O=C(O)c1ccc2c(c1)[C@]1(CC[C@@H](Oc3ccc(F)c(F)c3)CC1)C(=O)N2. The van der Waals surface area contributed by atoms with E-state index in [-0.39, 0.29) is 23.3 Å². The number of halogens is 2. The van der Waals surface area contributed by atoms with Gasteiger partial charge in [-0.2, -0.15) is 0 Å². The number of rotatable bonds is 3. The van der Waals surface area contributed by atoms with Gasteiger partial charge >= 0.3 is 5.97 Å². The van der Waals surface area contributed by atoms with E-state index in [1.165, 1.54) is 12.1 Å². The number of carbonyl (C=O) groups is 2. The van der Waals surface area contributed by atoms with Gasteiger partial charge in [0.05, 0.1) is 17.1 Å². The number of amides is 1. The molecule has 0 saturated heterocycles. The van der Waals surface area contributed by atoms with Crippen LogP contribution in [0, 0.1) is 11.6 Å². The largest absolute Gasteiger partial charge is 0.490 e. The lowest BCUT2D eigenvalue weighted by Gasteiger charge is -2.35. The van der Waals surface area contributed by atoms with Crippen LogP contribution in [0.3, 0.4) is 0 Å². The van der Waals surface area contributed by atoms with Gasteiger partial charge in [-0.15, -0.1) is 0 Å². The third-order valence-electron chi connectivity index (χ3n) is 5.44. The number of nitrogens with one attached hydrogen (secondary N) is 1. The molecule has 2 N–H and O–H groups in total. The van der Waals surface area contributed by atoms with Crippen molar-refractivity contribution in [3.63, 3.8) is 0 Å². The highest BCUT2D eigenvalue weighted by molar-refractivity contribution is 6.07. The summed E-state index contributed by atoms with van der Waals surface area (Å²) in [5, 5.41) is 12.1. The van der Waals surface area contributed by atoms with Crippen molar-refractivity contribution in [2.24, 2.45) is 0 Å². The molecule has 2 aromatic rings. The first-order valence-corrected chi connectivity index (χ1v) is 8.70. The van der Waals surface area contributed by atoms with E-state index in [2.05, 4.69) is 5.32 Å². The number of hydrogen-bond donors (Lipinski definition) is 2. The number of carboxylic acid groups (broad SMARTS) is 1. The van der Waals surface area contributed by atoms with Crippen LogP contribution in [-0.4, -0.2) is 23.1 Å². The summed E-state index contributed by atoms with van der Waals surface area (Å²) in [5.74, 6) is -2.82. The quantitative estimate of drug-likeness (QED) is 0.856. The van der Waals surface area contributed by atoms with Crippen LogP contribution in [0.5, 0.6) is 5.75 Å². The molecule has 0 unspecified atom stereocenters. The highest BCUT2D eigenvalue weighted by Gasteiger charge is 2.49. The molecule has 1 fully saturated rings. The zero-order valence-corrected chi connectivity index (χ0v) is 14.3. The van der Waals surface area contributed by atoms with Crippen LogP contribution in [-0.2, 0) is 10.2 Å². The monoisotopic (exact) mass is 373 g/mol. The van der Waals surface area contributed by atoms with Gasteiger partial charge in [-0.25, -0.2) is 13.6 Å². The summed E-state index contributed by atoms with van der Waals surface area (Å²) in [6, 6.07) is 8.05.